The molecule has 0 aliphatic carbocycles. The molecule has 152 valence electrons. The van der Waals surface area contributed by atoms with Crippen LogP contribution in [0.3, 0.4) is 0 Å². The molecule has 29 heavy (non-hydrogen) atoms. The van der Waals surface area contributed by atoms with Gasteiger partial charge in [-0.3, -0.25) is 4.79 Å². The maximum atomic E-state index is 12.9. The average Bonchev–Trinajstić information content (AvgIpc) is 3.19. The monoisotopic (exact) mass is 409 g/mol. The molecule has 0 bridgehead atoms. The normalized spacial score (nSPS) is 13.1. The summed E-state index contributed by atoms with van der Waals surface area (Å²) in [4.78, 5) is 14.7. The zero-order chi connectivity index (χ0) is 20.6. The fraction of sp³-hybridized carbons (Fsp3) is 0.348. The summed E-state index contributed by atoms with van der Waals surface area (Å²) in [6.45, 7) is 7.28. The number of carbonyl (C=O) groups is 1. The summed E-state index contributed by atoms with van der Waals surface area (Å²) in [6.07, 6.45) is 0.676. The largest absolute Gasteiger partial charge is 0.416 e. The van der Waals surface area contributed by atoms with Crippen molar-refractivity contribution < 1.29 is 9.21 Å². The summed E-state index contributed by atoms with van der Waals surface area (Å²) in [5, 5.41) is 8.44. The standard InChI is InChI=1S/C23H27N3O2S/c1-4-26(16-19-11-7-5-8-12-19)22(27)18(3)29-23-25-24-21(28-23)15-17(2)20-13-9-6-10-14-20/h5-14,17-18H,4,15-16H2,1-3H3. The molecule has 2 aromatic carbocycles. The smallest absolute Gasteiger partial charge is 0.277 e. The lowest BCUT2D eigenvalue weighted by atomic mass is 9.98. The van der Waals surface area contributed by atoms with E-state index in [4.69, 9.17) is 4.42 Å². The van der Waals surface area contributed by atoms with Gasteiger partial charge in [-0.05, 0) is 30.9 Å². The second-order valence-electron chi connectivity index (χ2n) is 7.08. The minimum absolute atomic E-state index is 0.0683. The minimum atomic E-state index is -0.293. The first-order chi connectivity index (χ1) is 14.1. The maximum Gasteiger partial charge on any atom is 0.277 e. The highest BCUT2D eigenvalue weighted by Crippen LogP contribution is 2.26. The second kappa shape index (κ2) is 10.3. The van der Waals surface area contributed by atoms with Crippen molar-refractivity contribution in [3.05, 3.63) is 77.7 Å². The van der Waals surface area contributed by atoms with Crippen molar-refractivity contribution in [2.45, 2.75) is 50.1 Å². The second-order valence-corrected chi connectivity index (χ2v) is 8.37. The fourth-order valence-electron chi connectivity index (χ4n) is 3.14. The molecule has 1 aromatic heterocycles. The SMILES string of the molecule is CCN(Cc1ccccc1)C(=O)C(C)Sc1nnc(CC(C)c2ccccc2)o1. The number of nitrogens with zero attached hydrogens (tertiary/aromatic N) is 3. The van der Waals surface area contributed by atoms with E-state index in [-0.39, 0.29) is 17.1 Å². The van der Waals surface area contributed by atoms with Crippen LogP contribution in [0.4, 0.5) is 0 Å². The van der Waals surface area contributed by atoms with E-state index in [1.54, 1.807) is 0 Å². The van der Waals surface area contributed by atoms with Crippen LogP contribution in [0.2, 0.25) is 0 Å². The number of aromatic nitrogens is 2. The molecule has 0 spiro atoms. The molecule has 2 unspecified atom stereocenters. The summed E-state index contributed by atoms with van der Waals surface area (Å²) in [6, 6.07) is 20.3. The summed E-state index contributed by atoms with van der Waals surface area (Å²) >= 11 is 1.32. The third-order valence-corrected chi connectivity index (χ3v) is 5.75. The predicted octanol–water partition coefficient (Wildman–Crippen LogP) is 4.95. The van der Waals surface area contributed by atoms with Crippen LogP contribution in [0.15, 0.2) is 70.3 Å². The van der Waals surface area contributed by atoms with Gasteiger partial charge < -0.3 is 9.32 Å². The molecule has 0 saturated carbocycles. The van der Waals surface area contributed by atoms with Gasteiger partial charge in [0.2, 0.25) is 11.8 Å². The van der Waals surface area contributed by atoms with Gasteiger partial charge in [0.25, 0.3) is 5.22 Å². The van der Waals surface area contributed by atoms with E-state index in [0.717, 1.165) is 5.56 Å². The maximum absolute atomic E-state index is 12.9. The quantitative estimate of drug-likeness (QED) is 0.468. The lowest BCUT2D eigenvalue weighted by Crippen LogP contribution is -2.35. The lowest BCUT2D eigenvalue weighted by molar-refractivity contribution is -0.130. The summed E-state index contributed by atoms with van der Waals surface area (Å²) in [5.74, 6) is 0.953. The Hall–Kier alpha value is -2.60. The summed E-state index contributed by atoms with van der Waals surface area (Å²) < 4.78 is 5.80. The molecule has 2 atom stereocenters. The molecule has 6 heteroatoms. The van der Waals surface area contributed by atoms with E-state index in [9.17, 15) is 4.79 Å². The Morgan fingerprint density at radius 2 is 1.69 bits per heavy atom. The molecule has 3 aromatic rings. The summed E-state index contributed by atoms with van der Waals surface area (Å²) in [5.41, 5.74) is 2.36. The Morgan fingerprint density at radius 3 is 2.34 bits per heavy atom. The first kappa shape index (κ1) is 21.1. The van der Waals surface area contributed by atoms with E-state index >= 15 is 0 Å². The molecule has 0 fully saturated rings. The molecule has 0 saturated heterocycles. The van der Waals surface area contributed by atoms with Crippen LogP contribution in [0.1, 0.15) is 43.7 Å². The Bertz CT molecular complexity index is 899. The van der Waals surface area contributed by atoms with Crippen LogP contribution >= 0.6 is 11.8 Å². The summed E-state index contributed by atoms with van der Waals surface area (Å²) in [7, 11) is 0. The van der Waals surface area contributed by atoms with Crippen molar-refractivity contribution in [1.82, 2.24) is 15.1 Å². The molecule has 5 nitrogen and oxygen atoms in total. The number of benzene rings is 2. The van der Waals surface area contributed by atoms with Crippen LogP contribution in [-0.2, 0) is 17.8 Å². The highest BCUT2D eigenvalue weighted by molar-refractivity contribution is 8.00. The molecular formula is C23H27N3O2S. The van der Waals surface area contributed by atoms with Gasteiger partial charge in [0.1, 0.15) is 0 Å². The Morgan fingerprint density at radius 1 is 1.03 bits per heavy atom. The Labute approximate surface area is 176 Å². The predicted molar refractivity (Wildman–Crippen MR) is 116 cm³/mol. The minimum Gasteiger partial charge on any atom is -0.416 e. The number of rotatable bonds is 9. The Balaban J connectivity index is 1.57. The Kier molecular flexibility index (Phi) is 7.47. The van der Waals surface area contributed by atoms with Crippen LogP contribution in [0.5, 0.6) is 0 Å². The van der Waals surface area contributed by atoms with Gasteiger partial charge in [-0.25, -0.2) is 0 Å². The zero-order valence-electron chi connectivity index (χ0n) is 17.1. The lowest BCUT2D eigenvalue weighted by Gasteiger charge is -2.23. The van der Waals surface area contributed by atoms with Crippen molar-refractivity contribution in [3.63, 3.8) is 0 Å². The van der Waals surface area contributed by atoms with Gasteiger partial charge in [0.15, 0.2) is 0 Å². The molecule has 0 aliphatic rings. The van der Waals surface area contributed by atoms with Crippen LogP contribution < -0.4 is 0 Å². The van der Waals surface area contributed by atoms with E-state index < -0.39 is 0 Å². The van der Waals surface area contributed by atoms with Crippen molar-refractivity contribution in [3.8, 4) is 0 Å². The molecule has 0 N–H and O–H groups in total. The van der Waals surface area contributed by atoms with Crippen LogP contribution in [0, 0.1) is 0 Å². The van der Waals surface area contributed by atoms with Crippen molar-refractivity contribution >= 4 is 17.7 Å². The van der Waals surface area contributed by atoms with E-state index in [2.05, 4.69) is 29.3 Å². The van der Waals surface area contributed by atoms with E-state index in [0.29, 0.717) is 30.6 Å². The van der Waals surface area contributed by atoms with Crippen molar-refractivity contribution in [2.75, 3.05) is 6.54 Å². The van der Waals surface area contributed by atoms with Crippen LogP contribution in [-0.4, -0.2) is 32.8 Å². The van der Waals surface area contributed by atoms with Gasteiger partial charge in [0, 0.05) is 19.5 Å². The van der Waals surface area contributed by atoms with Crippen molar-refractivity contribution in [1.29, 1.82) is 0 Å². The van der Waals surface area contributed by atoms with Crippen molar-refractivity contribution in [2.24, 2.45) is 0 Å². The number of hydrogen-bond donors (Lipinski definition) is 0. The van der Waals surface area contributed by atoms with Gasteiger partial charge in [-0.1, -0.05) is 79.3 Å². The average molecular weight is 410 g/mol. The van der Waals surface area contributed by atoms with Crippen LogP contribution in [0.25, 0.3) is 0 Å². The van der Waals surface area contributed by atoms with Gasteiger partial charge in [-0.15, -0.1) is 10.2 Å². The van der Waals surface area contributed by atoms with E-state index in [1.807, 2.05) is 67.3 Å². The molecule has 0 aliphatic heterocycles. The first-order valence-corrected chi connectivity index (χ1v) is 10.8. The number of amides is 1. The van der Waals surface area contributed by atoms with E-state index in [1.165, 1.54) is 17.3 Å². The zero-order valence-corrected chi connectivity index (χ0v) is 17.9. The number of hydrogen-bond acceptors (Lipinski definition) is 5. The molecular weight excluding hydrogens is 382 g/mol. The number of thioether (sulfide) groups is 1. The molecule has 1 heterocycles. The first-order valence-electron chi connectivity index (χ1n) is 9.93. The third-order valence-electron chi connectivity index (χ3n) is 4.83. The highest BCUT2D eigenvalue weighted by atomic mass is 32.2. The van der Waals surface area contributed by atoms with Gasteiger partial charge >= 0.3 is 0 Å². The van der Waals surface area contributed by atoms with Gasteiger partial charge in [-0.2, -0.15) is 0 Å². The number of carbonyl (C=O) groups excluding carboxylic acids is 1. The molecule has 3 rings (SSSR count). The van der Waals surface area contributed by atoms with Gasteiger partial charge in [0.05, 0.1) is 5.25 Å². The topological polar surface area (TPSA) is 59.2 Å². The highest BCUT2D eigenvalue weighted by Gasteiger charge is 2.23. The fourth-order valence-corrected chi connectivity index (χ4v) is 3.92. The third kappa shape index (κ3) is 5.94. The molecule has 0 radical (unpaired) electrons. The molecule has 1 amide bonds.